The van der Waals surface area contributed by atoms with Crippen molar-refractivity contribution in [2.24, 2.45) is 0 Å². The lowest BCUT2D eigenvalue weighted by molar-refractivity contribution is -0.412. The predicted octanol–water partition coefficient (Wildman–Crippen LogP) is 1.87. The van der Waals surface area contributed by atoms with Crippen LogP contribution in [0.25, 0.3) is 0 Å². The lowest BCUT2D eigenvalue weighted by Gasteiger charge is -2.41. The van der Waals surface area contributed by atoms with Crippen molar-refractivity contribution in [2.75, 3.05) is 6.54 Å². The minimum Gasteiger partial charge on any atom is -0.347 e. The highest BCUT2D eigenvalue weighted by atomic mass is 19.4. The summed E-state index contributed by atoms with van der Waals surface area (Å²) < 4.78 is 38.1. The van der Waals surface area contributed by atoms with Gasteiger partial charge in [-0.2, -0.15) is 13.2 Å². The smallest absolute Gasteiger partial charge is 0.347 e. The molecule has 1 aliphatic rings. The van der Waals surface area contributed by atoms with E-state index in [1.165, 1.54) is 0 Å². The number of hydrogen-bond acceptors (Lipinski definition) is 1. The van der Waals surface area contributed by atoms with Crippen LogP contribution in [0.5, 0.6) is 0 Å². The van der Waals surface area contributed by atoms with Crippen molar-refractivity contribution in [2.45, 2.75) is 44.4 Å². The van der Waals surface area contributed by atoms with Gasteiger partial charge in [0.2, 0.25) is 0 Å². The number of amides is 1. The molecule has 3 nitrogen and oxygen atoms in total. The van der Waals surface area contributed by atoms with Crippen molar-refractivity contribution >= 4 is 5.91 Å². The molecule has 0 radical (unpaired) electrons. The predicted molar refractivity (Wildman–Crippen MR) is 72.4 cm³/mol. The van der Waals surface area contributed by atoms with Crippen LogP contribution in [0.15, 0.2) is 24.3 Å². The summed E-state index contributed by atoms with van der Waals surface area (Å²) in [4.78, 5) is 13.0. The molecule has 1 heterocycles. The van der Waals surface area contributed by atoms with Crippen molar-refractivity contribution in [1.82, 2.24) is 4.90 Å². The summed E-state index contributed by atoms with van der Waals surface area (Å²) in [5.74, 6) is -0.626. The van der Waals surface area contributed by atoms with E-state index < -0.39 is 30.7 Å². The molecule has 1 fully saturated rings. The first-order chi connectivity index (χ1) is 9.70. The lowest BCUT2D eigenvalue weighted by atomic mass is 9.80. The number of likely N-dealkylation sites (tertiary alicyclic amines) is 1. The number of hydrogen-bond donors (Lipinski definition) is 1. The first-order valence-corrected chi connectivity index (χ1v) is 6.96. The summed E-state index contributed by atoms with van der Waals surface area (Å²) in [5, 5.41) is 0. The van der Waals surface area contributed by atoms with Gasteiger partial charge >= 0.3 is 6.18 Å². The van der Waals surface area contributed by atoms with E-state index in [-0.39, 0.29) is 5.92 Å². The first kappa shape index (κ1) is 15.8. The van der Waals surface area contributed by atoms with E-state index in [1.54, 1.807) is 6.92 Å². The second kappa shape index (κ2) is 5.67. The SMILES string of the molecule is Cc1ccccc1C1CC([NH3+])C(=O)N(CC(F)(F)F)C1C. The molecule has 3 unspecified atom stereocenters. The number of quaternary nitrogens is 1. The minimum absolute atomic E-state index is 0.117. The molecule has 2 rings (SSSR count). The van der Waals surface area contributed by atoms with Crippen LogP contribution in [0.1, 0.15) is 30.4 Å². The molecule has 0 bridgehead atoms. The maximum absolute atomic E-state index is 12.7. The van der Waals surface area contributed by atoms with E-state index in [4.69, 9.17) is 0 Å². The molecule has 0 saturated carbocycles. The van der Waals surface area contributed by atoms with Gasteiger partial charge in [-0.3, -0.25) is 4.79 Å². The van der Waals surface area contributed by atoms with Gasteiger partial charge in [-0.05, 0) is 25.0 Å². The zero-order chi connectivity index (χ0) is 15.8. The topological polar surface area (TPSA) is 48.0 Å². The maximum atomic E-state index is 12.7. The number of nitrogens with zero attached hydrogens (tertiary/aromatic N) is 1. The highest BCUT2D eigenvalue weighted by Crippen LogP contribution is 2.35. The summed E-state index contributed by atoms with van der Waals surface area (Å²) in [6.45, 7) is 2.42. The van der Waals surface area contributed by atoms with E-state index in [9.17, 15) is 18.0 Å². The van der Waals surface area contributed by atoms with E-state index >= 15 is 0 Å². The Morgan fingerprint density at radius 3 is 2.52 bits per heavy atom. The second-order valence-corrected chi connectivity index (χ2v) is 5.72. The number of piperidine rings is 1. The van der Waals surface area contributed by atoms with Crippen molar-refractivity contribution in [3.05, 3.63) is 35.4 Å². The number of carbonyl (C=O) groups excluding carboxylic acids is 1. The fourth-order valence-corrected chi connectivity index (χ4v) is 3.06. The van der Waals surface area contributed by atoms with Gasteiger partial charge in [0, 0.05) is 18.4 Å². The van der Waals surface area contributed by atoms with Crippen molar-refractivity contribution in [3.8, 4) is 0 Å². The first-order valence-electron chi connectivity index (χ1n) is 6.96. The minimum atomic E-state index is -4.39. The van der Waals surface area contributed by atoms with Gasteiger partial charge in [0.15, 0.2) is 6.04 Å². The highest BCUT2D eigenvalue weighted by Gasteiger charge is 2.45. The van der Waals surface area contributed by atoms with Crippen LogP contribution in [0.3, 0.4) is 0 Å². The van der Waals surface area contributed by atoms with Crippen LogP contribution >= 0.6 is 0 Å². The monoisotopic (exact) mass is 301 g/mol. The number of benzene rings is 1. The Morgan fingerprint density at radius 1 is 1.33 bits per heavy atom. The fourth-order valence-electron chi connectivity index (χ4n) is 3.06. The summed E-state index contributed by atoms with van der Waals surface area (Å²) in [5.41, 5.74) is 5.77. The number of alkyl halides is 3. The summed E-state index contributed by atoms with van der Waals surface area (Å²) in [6.07, 6.45) is -3.91. The molecule has 1 aromatic carbocycles. The molecule has 1 aliphatic heterocycles. The quantitative estimate of drug-likeness (QED) is 0.891. The molecule has 3 N–H and O–H groups in total. The zero-order valence-electron chi connectivity index (χ0n) is 12.2. The zero-order valence-corrected chi connectivity index (χ0v) is 12.2. The molecule has 0 aromatic heterocycles. The fraction of sp³-hybridized carbons (Fsp3) is 0.533. The van der Waals surface area contributed by atoms with Gasteiger partial charge in [0.05, 0.1) is 0 Å². The molecule has 1 amide bonds. The number of carbonyl (C=O) groups is 1. The lowest BCUT2D eigenvalue weighted by Crippen LogP contribution is -2.72. The number of rotatable bonds is 2. The molecule has 21 heavy (non-hydrogen) atoms. The summed E-state index contributed by atoms with van der Waals surface area (Å²) in [6, 6.07) is 6.51. The molecule has 1 saturated heterocycles. The molecule has 0 aliphatic carbocycles. The number of halogens is 3. The van der Waals surface area contributed by atoms with Crippen molar-refractivity contribution in [1.29, 1.82) is 0 Å². The van der Waals surface area contributed by atoms with Gasteiger partial charge in [-0.1, -0.05) is 24.3 Å². The normalized spacial score (nSPS) is 27.0. The van der Waals surface area contributed by atoms with Gasteiger partial charge < -0.3 is 10.6 Å². The van der Waals surface area contributed by atoms with E-state index in [0.717, 1.165) is 16.0 Å². The standard InChI is InChI=1S/C15H19F3N2O/c1-9-5-3-4-6-11(9)12-7-13(19)14(21)20(10(12)2)8-15(16,17)18/h3-6,10,12-13H,7-8,19H2,1-2H3/p+1. The Hall–Kier alpha value is -1.56. The second-order valence-electron chi connectivity index (χ2n) is 5.72. The molecular weight excluding hydrogens is 281 g/mol. The van der Waals surface area contributed by atoms with Gasteiger partial charge in [0.25, 0.3) is 5.91 Å². The number of aryl methyl sites for hydroxylation is 1. The molecule has 6 heteroatoms. The average Bonchev–Trinajstić information content (AvgIpc) is 2.39. The van der Waals surface area contributed by atoms with E-state index in [2.05, 4.69) is 5.73 Å². The summed E-state index contributed by atoms with van der Waals surface area (Å²) in [7, 11) is 0. The highest BCUT2D eigenvalue weighted by molar-refractivity contribution is 5.82. The van der Waals surface area contributed by atoms with Crippen molar-refractivity contribution in [3.63, 3.8) is 0 Å². The van der Waals surface area contributed by atoms with Gasteiger partial charge in [0.1, 0.15) is 6.54 Å². The van der Waals surface area contributed by atoms with Crippen LogP contribution < -0.4 is 5.73 Å². The third-order valence-corrected chi connectivity index (χ3v) is 4.18. The Morgan fingerprint density at radius 2 is 1.95 bits per heavy atom. The van der Waals surface area contributed by atoms with Crippen molar-refractivity contribution < 1.29 is 23.7 Å². The Labute approximate surface area is 121 Å². The van der Waals surface area contributed by atoms with Crippen LogP contribution in [0.4, 0.5) is 13.2 Å². The van der Waals surface area contributed by atoms with Crippen LogP contribution in [-0.2, 0) is 4.79 Å². The Bertz CT molecular complexity index is 530. The molecule has 3 atom stereocenters. The maximum Gasteiger partial charge on any atom is 0.406 e. The van der Waals surface area contributed by atoms with Crippen LogP contribution in [-0.4, -0.2) is 35.6 Å². The van der Waals surface area contributed by atoms with E-state index in [0.29, 0.717) is 6.42 Å². The third kappa shape index (κ3) is 3.37. The van der Waals surface area contributed by atoms with Gasteiger partial charge in [-0.15, -0.1) is 0 Å². The van der Waals surface area contributed by atoms with Crippen LogP contribution in [0.2, 0.25) is 0 Å². The van der Waals surface area contributed by atoms with E-state index in [1.807, 2.05) is 31.2 Å². The Balaban J connectivity index is 2.32. The van der Waals surface area contributed by atoms with Crippen LogP contribution in [0, 0.1) is 6.92 Å². The molecule has 116 valence electrons. The van der Waals surface area contributed by atoms with Gasteiger partial charge in [-0.25, -0.2) is 0 Å². The molecule has 0 spiro atoms. The Kier molecular flexibility index (Phi) is 4.27. The third-order valence-electron chi connectivity index (χ3n) is 4.18. The average molecular weight is 301 g/mol. The molecule has 1 aromatic rings. The largest absolute Gasteiger partial charge is 0.406 e. The summed E-state index contributed by atoms with van der Waals surface area (Å²) >= 11 is 0. The molecular formula is C15H20F3N2O+.